The van der Waals surface area contributed by atoms with Gasteiger partial charge in [-0.05, 0) is 5.92 Å². The molecule has 8 heteroatoms. The van der Waals surface area contributed by atoms with Crippen LogP contribution >= 0.6 is 0 Å². The fourth-order valence-corrected chi connectivity index (χ4v) is 1.61. The summed E-state index contributed by atoms with van der Waals surface area (Å²) in [5.41, 5.74) is 4.98. The zero-order valence-electron chi connectivity index (χ0n) is 11.1. The van der Waals surface area contributed by atoms with Crippen LogP contribution in [0, 0.1) is 5.92 Å². The number of nitrogens with zero attached hydrogens (tertiary/aromatic N) is 1. The maximum absolute atomic E-state index is 12.4. The number of alkyl halides is 2. The minimum atomic E-state index is -2.71. The highest BCUT2D eigenvalue weighted by Crippen LogP contribution is 2.12. The monoisotopic (exact) mass is 281 g/mol. The molecule has 2 atom stereocenters. The molecule has 0 aliphatic rings. The van der Waals surface area contributed by atoms with E-state index < -0.39 is 37.6 Å². The van der Waals surface area contributed by atoms with Gasteiger partial charge in [0, 0.05) is 6.54 Å². The number of aliphatic hydroxyl groups excluding tert-OH is 1. The van der Waals surface area contributed by atoms with Crippen LogP contribution in [0.15, 0.2) is 0 Å². The molecule has 0 bridgehead atoms. The first-order valence-electron chi connectivity index (χ1n) is 6.07. The molecule has 6 nitrogen and oxygen atoms in total. The maximum Gasteiger partial charge on any atom is 0.312 e. The average molecular weight is 281 g/mol. The molecule has 0 aromatic carbocycles. The summed E-state index contributed by atoms with van der Waals surface area (Å²) in [6.45, 7) is 2.08. The van der Waals surface area contributed by atoms with E-state index in [0.29, 0.717) is 6.42 Å². The lowest BCUT2D eigenvalue weighted by Gasteiger charge is -2.29. The predicted molar refractivity (Wildman–Crippen MR) is 65.6 cm³/mol. The summed E-state index contributed by atoms with van der Waals surface area (Å²) in [6.07, 6.45) is -2.14. The number of urea groups is 1. The van der Waals surface area contributed by atoms with Crippen molar-refractivity contribution in [1.82, 2.24) is 10.2 Å². The minimum absolute atomic E-state index is 0.212. The van der Waals surface area contributed by atoms with E-state index in [1.54, 1.807) is 13.8 Å². The van der Waals surface area contributed by atoms with Crippen LogP contribution in [-0.2, 0) is 4.79 Å². The van der Waals surface area contributed by atoms with Gasteiger partial charge in [0.2, 0.25) is 5.91 Å². The molecule has 4 N–H and O–H groups in total. The van der Waals surface area contributed by atoms with E-state index in [1.807, 2.05) is 0 Å². The number of carbonyl (C=O) groups is 2. The fourth-order valence-electron chi connectivity index (χ4n) is 1.61. The van der Waals surface area contributed by atoms with Crippen LogP contribution in [0.25, 0.3) is 0 Å². The average Bonchev–Trinajstić information content (AvgIpc) is 2.33. The van der Waals surface area contributed by atoms with Crippen molar-refractivity contribution in [2.24, 2.45) is 11.7 Å². The van der Waals surface area contributed by atoms with Gasteiger partial charge in [0.1, 0.15) is 6.04 Å². The molecule has 0 fully saturated rings. The molecule has 0 aliphatic heterocycles. The third kappa shape index (κ3) is 6.32. The van der Waals surface area contributed by atoms with E-state index in [0.717, 1.165) is 4.90 Å². The SMILES string of the molecule is CCC(C)C(NC(N)=O)C(=O)N(CCO)CC(F)F. The Hall–Kier alpha value is -1.44. The summed E-state index contributed by atoms with van der Waals surface area (Å²) in [5, 5.41) is 11.1. The van der Waals surface area contributed by atoms with Gasteiger partial charge in [0.05, 0.1) is 13.2 Å². The molecule has 2 unspecified atom stereocenters. The van der Waals surface area contributed by atoms with Crippen molar-refractivity contribution in [2.45, 2.75) is 32.7 Å². The molecule has 0 saturated heterocycles. The number of aliphatic hydroxyl groups is 1. The highest BCUT2D eigenvalue weighted by atomic mass is 19.3. The maximum atomic E-state index is 12.4. The molecule has 3 amide bonds. The number of hydrogen-bond acceptors (Lipinski definition) is 3. The fraction of sp³-hybridized carbons (Fsp3) is 0.818. The molecule has 0 saturated carbocycles. The Morgan fingerprint density at radius 2 is 2.00 bits per heavy atom. The number of nitrogens with two attached hydrogens (primary N) is 1. The zero-order chi connectivity index (χ0) is 15.0. The van der Waals surface area contributed by atoms with Gasteiger partial charge < -0.3 is 21.1 Å². The summed E-state index contributed by atoms with van der Waals surface area (Å²) < 4.78 is 24.8. The van der Waals surface area contributed by atoms with Crippen LogP contribution in [0.1, 0.15) is 20.3 Å². The lowest BCUT2D eigenvalue weighted by molar-refractivity contribution is -0.137. The molecule has 112 valence electrons. The Kier molecular flexibility index (Phi) is 7.97. The lowest BCUT2D eigenvalue weighted by Crippen LogP contribution is -2.54. The van der Waals surface area contributed by atoms with Crippen molar-refractivity contribution in [3.8, 4) is 0 Å². The molecular weight excluding hydrogens is 260 g/mol. The normalized spacial score (nSPS) is 14.0. The van der Waals surface area contributed by atoms with Crippen molar-refractivity contribution in [3.63, 3.8) is 0 Å². The molecule has 19 heavy (non-hydrogen) atoms. The van der Waals surface area contributed by atoms with Crippen molar-refractivity contribution < 1.29 is 23.5 Å². The smallest absolute Gasteiger partial charge is 0.312 e. The summed E-state index contributed by atoms with van der Waals surface area (Å²) in [4.78, 5) is 23.8. The van der Waals surface area contributed by atoms with Crippen LogP contribution < -0.4 is 11.1 Å². The van der Waals surface area contributed by atoms with Gasteiger partial charge in [-0.15, -0.1) is 0 Å². The molecule has 0 aromatic rings. The molecule has 0 rings (SSSR count). The molecule has 0 aromatic heterocycles. The van der Waals surface area contributed by atoms with Gasteiger partial charge in [-0.25, -0.2) is 13.6 Å². The van der Waals surface area contributed by atoms with Crippen LogP contribution in [-0.4, -0.2) is 54.1 Å². The van der Waals surface area contributed by atoms with Crippen molar-refractivity contribution >= 4 is 11.9 Å². The summed E-state index contributed by atoms with van der Waals surface area (Å²) in [6, 6.07) is -1.85. The highest BCUT2D eigenvalue weighted by Gasteiger charge is 2.30. The van der Waals surface area contributed by atoms with E-state index in [1.165, 1.54) is 0 Å². The second kappa shape index (κ2) is 8.63. The van der Waals surface area contributed by atoms with Crippen LogP contribution in [0.3, 0.4) is 0 Å². The van der Waals surface area contributed by atoms with Crippen molar-refractivity contribution in [3.05, 3.63) is 0 Å². The summed E-state index contributed by atoms with van der Waals surface area (Å²) in [5.74, 6) is -0.915. The topological polar surface area (TPSA) is 95.7 Å². The molecule has 0 radical (unpaired) electrons. The Bertz CT molecular complexity index is 303. The summed E-state index contributed by atoms with van der Waals surface area (Å²) >= 11 is 0. The first kappa shape index (κ1) is 17.6. The Labute approximate surface area is 110 Å². The molecule has 0 aliphatic carbocycles. The van der Waals surface area contributed by atoms with E-state index >= 15 is 0 Å². The first-order valence-corrected chi connectivity index (χ1v) is 6.07. The van der Waals surface area contributed by atoms with E-state index in [-0.39, 0.29) is 12.5 Å². The third-order valence-corrected chi connectivity index (χ3v) is 2.82. The lowest BCUT2D eigenvalue weighted by atomic mass is 9.98. The number of carbonyl (C=O) groups excluding carboxylic acids is 2. The highest BCUT2D eigenvalue weighted by molar-refractivity contribution is 5.86. The van der Waals surface area contributed by atoms with Crippen molar-refractivity contribution in [1.29, 1.82) is 0 Å². The van der Waals surface area contributed by atoms with Gasteiger partial charge >= 0.3 is 6.03 Å². The number of hydrogen-bond donors (Lipinski definition) is 3. The van der Waals surface area contributed by atoms with Crippen LogP contribution in [0.4, 0.5) is 13.6 Å². The molecule has 0 spiro atoms. The molecular formula is C11H21F2N3O3. The Morgan fingerprint density at radius 3 is 2.37 bits per heavy atom. The largest absolute Gasteiger partial charge is 0.395 e. The zero-order valence-corrected chi connectivity index (χ0v) is 11.1. The number of amides is 3. The number of primary amides is 1. The van der Waals surface area contributed by atoms with Gasteiger partial charge in [-0.2, -0.15) is 0 Å². The van der Waals surface area contributed by atoms with Gasteiger partial charge in [-0.3, -0.25) is 4.79 Å². The van der Waals surface area contributed by atoms with Crippen molar-refractivity contribution in [2.75, 3.05) is 19.7 Å². The van der Waals surface area contributed by atoms with E-state index in [2.05, 4.69) is 5.32 Å². The second-order valence-electron chi connectivity index (χ2n) is 4.27. The van der Waals surface area contributed by atoms with E-state index in [9.17, 15) is 18.4 Å². The third-order valence-electron chi connectivity index (χ3n) is 2.82. The second-order valence-corrected chi connectivity index (χ2v) is 4.27. The Morgan fingerprint density at radius 1 is 1.42 bits per heavy atom. The molecule has 0 heterocycles. The minimum Gasteiger partial charge on any atom is -0.395 e. The summed E-state index contributed by atoms with van der Waals surface area (Å²) in [7, 11) is 0. The van der Waals surface area contributed by atoms with Gasteiger partial charge in [0.25, 0.3) is 6.43 Å². The van der Waals surface area contributed by atoms with Gasteiger partial charge in [-0.1, -0.05) is 20.3 Å². The Balaban J connectivity index is 4.93. The number of nitrogens with one attached hydrogen (secondary N) is 1. The quantitative estimate of drug-likeness (QED) is 0.591. The van der Waals surface area contributed by atoms with Crippen LogP contribution in [0.2, 0.25) is 0 Å². The standard InChI is InChI=1S/C11H21F2N3O3/c1-3-7(2)9(15-11(14)19)10(18)16(4-5-17)6-8(12)13/h7-9,17H,3-6H2,1-2H3,(H3,14,15,19). The predicted octanol–water partition coefficient (Wildman–Crippen LogP) is 0.155. The number of halogens is 2. The van der Waals surface area contributed by atoms with Gasteiger partial charge in [0.15, 0.2) is 0 Å². The first-order chi connectivity index (χ1) is 8.83. The number of rotatable bonds is 8. The van der Waals surface area contributed by atoms with Crippen LogP contribution in [0.5, 0.6) is 0 Å². The van der Waals surface area contributed by atoms with E-state index in [4.69, 9.17) is 10.8 Å².